The molecule has 0 saturated heterocycles. The number of nitrogens with zero attached hydrogens (tertiary/aromatic N) is 1. The smallest absolute Gasteiger partial charge is 0.217 e. The fraction of sp³-hybridized carbons (Fsp3) is 0.250. The van der Waals surface area contributed by atoms with E-state index in [1.807, 2.05) is 49.4 Å². The summed E-state index contributed by atoms with van der Waals surface area (Å²) in [5.41, 5.74) is 2.93. The third kappa shape index (κ3) is 3.29. The molecule has 0 amide bonds. The van der Waals surface area contributed by atoms with Gasteiger partial charge in [-0.2, -0.15) is 0 Å². The van der Waals surface area contributed by atoms with Gasteiger partial charge in [0.15, 0.2) is 0 Å². The van der Waals surface area contributed by atoms with Crippen LogP contribution in [0, 0.1) is 0 Å². The van der Waals surface area contributed by atoms with Crippen LogP contribution in [0.1, 0.15) is 31.1 Å². The summed E-state index contributed by atoms with van der Waals surface area (Å²) in [6.45, 7) is 8.84. The van der Waals surface area contributed by atoms with Crippen LogP contribution in [-0.4, -0.2) is 18.5 Å². The standard InChI is InChI=1S/C20H21NO2/c1-4-22-18-12-10-16(11-13-18)14(2)20-21-15(3)19(23-20)17-8-6-5-7-9-17/h5-13,15,19H,2,4H2,1,3H3/t15-,19-/m1/s1. The van der Waals surface area contributed by atoms with E-state index in [2.05, 4.69) is 30.6 Å². The van der Waals surface area contributed by atoms with Gasteiger partial charge in [0.25, 0.3) is 0 Å². The Balaban J connectivity index is 1.74. The zero-order chi connectivity index (χ0) is 16.2. The van der Waals surface area contributed by atoms with E-state index in [4.69, 9.17) is 9.47 Å². The van der Waals surface area contributed by atoms with Crippen LogP contribution < -0.4 is 4.74 Å². The van der Waals surface area contributed by atoms with Gasteiger partial charge in [-0.05, 0) is 37.1 Å². The molecular weight excluding hydrogens is 286 g/mol. The molecule has 3 rings (SSSR count). The summed E-state index contributed by atoms with van der Waals surface area (Å²) in [5, 5.41) is 0. The second kappa shape index (κ2) is 6.69. The number of ether oxygens (including phenoxy) is 2. The Morgan fingerprint density at radius 3 is 2.48 bits per heavy atom. The molecule has 0 bridgehead atoms. The summed E-state index contributed by atoms with van der Waals surface area (Å²) < 4.78 is 11.5. The van der Waals surface area contributed by atoms with E-state index in [9.17, 15) is 0 Å². The Bertz CT molecular complexity index is 704. The summed E-state index contributed by atoms with van der Waals surface area (Å²) in [6.07, 6.45) is -0.0503. The van der Waals surface area contributed by atoms with Gasteiger partial charge in [-0.15, -0.1) is 0 Å². The van der Waals surface area contributed by atoms with Crippen molar-refractivity contribution < 1.29 is 9.47 Å². The quantitative estimate of drug-likeness (QED) is 0.804. The first-order valence-corrected chi connectivity index (χ1v) is 7.91. The van der Waals surface area contributed by atoms with Crippen molar-refractivity contribution in [1.82, 2.24) is 0 Å². The fourth-order valence-electron chi connectivity index (χ4n) is 2.68. The molecule has 2 aromatic rings. The minimum atomic E-state index is -0.0503. The van der Waals surface area contributed by atoms with Gasteiger partial charge in [0.1, 0.15) is 11.9 Å². The van der Waals surface area contributed by atoms with Crippen LogP contribution in [0.15, 0.2) is 66.2 Å². The van der Waals surface area contributed by atoms with Crippen molar-refractivity contribution in [1.29, 1.82) is 0 Å². The lowest BCUT2D eigenvalue weighted by molar-refractivity contribution is 0.204. The van der Waals surface area contributed by atoms with E-state index in [-0.39, 0.29) is 12.1 Å². The maximum absolute atomic E-state index is 6.07. The highest BCUT2D eigenvalue weighted by atomic mass is 16.5. The van der Waals surface area contributed by atoms with Crippen LogP contribution in [-0.2, 0) is 4.74 Å². The topological polar surface area (TPSA) is 30.8 Å². The molecule has 0 spiro atoms. The summed E-state index contributed by atoms with van der Waals surface area (Å²) >= 11 is 0. The predicted octanol–water partition coefficient (Wildman–Crippen LogP) is 4.66. The molecule has 0 N–H and O–H groups in total. The molecule has 1 heterocycles. The lowest BCUT2D eigenvalue weighted by atomic mass is 10.0. The van der Waals surface area contributed by atoms with E-state index in [1.165, 1.54) is 0 Å². The molecule has 0 fully saturated rings. The Morgan fingerprint density at radius 2 is 1.83 bits per heavy atom. The van der Waals surface area contributed by atoms with Gasteiger partial charge in [0.05, 0.1) is 12.6 Å². The average molecular weight is 307 g/mol. The van der Waals surface area contributed by atoms with Crippen LogP contribution >= 0.6 is 0 Å². The van der Waals surface area contributed by atoms with Gasteiger partial charge in [-0.1, -0.05) is 49.0 Å². The highest BCUT2D eigenvalue weighted by Gasteiger charge is 2.30. The van der Waals surface area contributed by atoms with Crippen molar-refractivity contribution in [3.8, 4) is 5.75 Å². The minimum Gasteiger partial charge on any atom is -0.494 e. The Morgan fingerprint density at radius 1 is 1.13 bits per heavy atom. The third-order valence-corrected chi connectivity index (χ3v) is 3.90. The largest absolute Gasteiger partial charge is 0.494 e. The Labute approximate surface area is 137 Å². The maximum Gasteiger partial charge on any atom is 0.217 e. The molecule has 118 valence electrons. The normalized spacial score (nSPS) is 19.8. The van der Waals surface area contributed by atoms with E-state index >= 15 is 0 Å². The van der Waals surface area contributed by atoms with Crippen molar-refractivity contribution >= 4 is 11.5 Å². The maximum atomic E-state index is 6.07. The summed E-state index contributed by atoms with van der Waals surface area (Å²) in [4.78, 5) is 4.64. The van der Waals surface area contributed by atoms with Gasteiger partial charge in [-0.25, -0.2) is 4.99 Å². The van der Waals surface area contributed by atoms with Crippen LogP contribution in [0.4, 0.5) is 0 Å². The molecule has 2 atom stereocenters. The van der Waals surface area contributed by atoms with Crippen LogP contribution in [0.3, 0.4) is 0 Å². The number of hydrogen-bond acceptors (Lipinski definition) is 3. The van der Waals surface area contributed by atoms with Crippen molar-refractivity contribution in [2.75, 3.05) is 6.61 Å². The second-order valence-corrected chi connectivity index (χ2v) is 5.56. The van der Waals surface area contributed by atoms with E-state index in [0.29, 0.717) is 12.5 Å². The number of rotatable bonds is 5. The molecular formula is C20H21NO2. The molecule has 3 heteroatoms. The number of aliphatic imine (C=N–C) groups is 1. The molecule has 0 aromatic heterocycles. The fourth-order valence-corrected chi connectivity index (χ4v) is 2.68. The summed E-state index contributed by atoms with van der Waals surface area (Å²) in [6, 6.07) is 18.1. The highest BCUT2D eigenvalue weighted by molar-refractivity contribution is 6.19. The average Bonchev–Trinajstić information content (AvgIpc) is 2.98. The minimum absolute atomic E-state index is 0.0503. The van der Waals surface area contributed by atoms with Crippen molar-refractivity contribution in [2.24, 2.45) is 4.99 Å². The van der Waals surface area contributed by atoms with Gasteiger partial charge in [-0.3, -0.25) is 0 Å². The first kappa shape index (κ1) is 15.3. The lowest BCUT2D eigenvalue weighted by Crippen LogP contribution is -2.11. The summed E-state index contributed by atoms with van der Waals surface area (Å²) in [7, 11) is 0. The number of benzene rings is 2. The SMILES string of the molecule is C=C(C1=N[C@H](C)[C@H](c2ccccc2)O1)c1ccc(OCC)cc1. The Hall–Kier alpha value is -2.55. The molecule has 23 heavy (non-hydrogen) atoms. The zero-order valence-corrected chi connectivity index (χ0v) is 13.5. The predicted molar refractivity (Wildman–Crippen MR) is 93.8 cm³/mol. The van der Waals surface area contributed by atoms with Gasteiger partial charge in [0.2, 0.25) is 5.90 Å². The first-order valence-electron chi connectivity index (χ1n) is 7.91. The molecule has 0 radical (unpaired) electrons. The van der Waals surface area contributed by atoms with Crippen LogP contribution in [0.5, 0.6) is 5.75 Å². The molecule has 0 saturated carbocycles. The highest BCUT2D eigenvalue weighted by Crippen LogP contribution is 2.32. The molecule has 0 aliphatic carbocycles. The molecule has 1 aliphatic heterocycles. The lowest BCUT2D eigenvalue weighted by Gasteiger charge is -2.15. The number of hydrogen-bond donors (Lipinski definition) is 0. The second-order valence-electron chi connectivity index (χ2n) is 5.56. The van der Waals surface area contributed by atoms with E-state index in [0.717, 1.165) is 22.4 Å². The summed E-state index contributed by atoms with van der Waals surface area (Å²) in [5.74, 6) is 1.48. The Kier molecular flexibility index (Phi) is 4.47. The van der Waals surface area contributed by atoms with Gasteiger partial charge in [0, 0.05) is 5.57 Å². The monoisotopic (exact) mass is 307 g/mol. The molecule has 0 unspecified atom stereocenters. The first-order chi connectivity index (χ1) is 11.2. The molecule has 3 nitrogen and oxygen atoms in total. The van der Waals surface area contributed by atoms with Crippen molar-refractivity contribution in [2.45, 2.75) is 26.0 Å². The molecule has 1 aliphatic rings. The van der Waals surface area contributed by atoms with Crippen LogP contribution in [0.2, 0.25) is 0 Å². The van der Waals surface area contributed by atoms with Gasteiger partial charge >= 0.3 is 0 Å². The molecule has 2 aromatic carbocycles. The van der Waals surface area contributed by atoms with Crippen molar-refractivity contribution in [3.63, 3.8) is 0 Å². The van der Waals surface area contributed by atoms with Crippen LogP contribution in [0.25, 0.3) is 5.57 Å². The zero-order valence-electron chi connectivity index (χ0n) is 13.5. The van der Waals surface area contributed by atoms with E-state index < -0.39 is 0 Å². The van der Waals surface area contributed by atoms with E-state index in [1.54, 1.807) is 0 Å². The third-order valence-electron chi connectivity index (χ3n) is 3.90. The van der Waals surface area contributed by atoms with Crippen molar-refractivity contribution in [3.05, 3.63) is 72.3 Å². The van der Waals surface area contributed by atoms with Gasteiger partial charge < -0.3 is 9.47 Å².